The number of anilines is 1. The quantitative estimate of drug-likeness (QED) is 0.278. The Hall–Kier alpha value is -4.16. The summed E-state index contributed by atoms with van der Waals surface area (Å²) < 4.78 is 33.3. The molecule has 0 saturated heterocycles. The van der Waals surface area contributed by atoms with Gasteiger partial charge in [-0.3, -0.25) is 14.3 Å². The molecule has 1 saturated carbocycles. The predicted molar refractivity (Wildman–Crippen MR) is 115 cm³/mol. The fourth-order valence-corrected chi connectivity index (χ4v) is 3.00. The number of carbonyl (C=O) groups excluding carboxylic acids is 2. The summed E-state index contributed by atoms with van der Waals surface area (Å²) in [6.45, 7) is 0. The first kappa shape index (κ1) is 23.5. The highest BCUT2D eigenvalue weighted by atomic mass is 19.3. The van der Waals surface area contributed by atoms with E-state index in [2.05, 4.69) is 26.0 Å². The summed E-state index contributed by atoms with van der Waals surface area (Å²) in [6, 6.07) is 5.09. The van der Waals surface area contributed by atoms with Crippen molar-refractivity contribution in [2.24, 2.45) is 24.4 Å². The molecule has 0 radical (unpaired) electrons. The molecule has 0 bridgehead atoms. The first-order valence-corrected chi connectivity index (χ1v) is 9.75. The normalized spacial score (nSPS) is 17.6. The standard InChI is InChI=1S/C20H24F2N8O3/c1-25-19(32)15(24)13(7-14(23)28-18(31)11-8-20(11,21)22)27-12-6-4-5-10(16(12)33-3)17-26-9-30(2)29-17/h4-7,9,11,27H,8,23-24H2,1-3H3,(H,25,32)(H,28,31)/b14-7+,15-13+. The number of nitrogens with one attached hydrogen (secondary N) is 3. The van der Waals surface area contributed by atoms with E-state index in [1.54, 1.807) is 25.2 Å². The van der Waals surface area contributed by atoms with Crippen molar-refractivity contribution in [3.8, 4) is 17.1 Å². The number of para-hydroxylation sites is 1. The van der Waals surface area contributed by atoms with Crippen LogP contribution in [0.2, 0.25) is 0 Å². The molecule has 2 aromatic rings. The van der Waals surface area contributed by atoms with Crippen LogP contribution in [-0.4, -0.2) is 46.7 Å². The first-order valence-electron chi connectivity index (χ1n) is 9.75. The number of nitrogens with two attached hydrogens (primary N) is 2. The van der Waals surface area contributed by atoms with Gasteiger partial charge in [-0.2, -0.15) is 5.10 Å². The van der Waals surface area contributed by atoms with E-state index in [-0.39, 0.29) is 17.2 Å². The summed E-state index contributed by atoms with van der Waals surface area (Å²) in [5.41, 5.74) is 12.5. The summed E-state index contributed by atoms with van der Waals surface area (Å²) in [4.78, 5) is 28.3. The molecule has 2 amide bonds. The maximum atomic E-state index is 13.1. The van der Waals surface area contributed by atoms with Gasteiger partial charge in [-0.15, -0.1) is 0 Å². The lowest BCUT2D eigenvalue weighted by molar-refractivity contribution is -0.123. The van der Waals surface area contributed by atoms with Crippen LogP contribution in [0.3, 0.4) is 0 Å². The average Bonchev–Trinajstić information content (AvgIpc) is 3.20. The molecule has 7 N–H and O–H groups in total. The zero-order chi connectivity index (χ0) is 24.3. The summed E-state index contributed by atoms with van der Waals surface area (Å²) in [5.74, 6) is -5.58. The minimum absolute atomic E-state index is 0.000799. The number of hydrogen-bond acceptors (Lipinski definition) is 8. The maximum Gasteiger partial charge on any atom is 0.269 e. The fourth-order valence-electron chi connectivity index (χ4n) is 3.00. The van der Waals surface area contributed by atoms with Crippen LogP contribution in [0.4, 0.5) is 14.5 Å². The molecule has 1 fully saturated rings. The molecule has 1 aliphatic rings. The Bertz CT molecular complexity index is 1140. The molecule has 1 heterocycles. The summed E-state index contributed by atoms with van der Waals surface area (Å²) in [7, 11) is 4.54. The van der Waals surface area contributed by atoms with Gasteiger partial charge in [0.25, 0.3) is 11.8 Å². The van der Waals surface area contributed by atoms with Gasteiger partial charge in [0.05, 0.1) is 24.1 Å². The SMILES string of the molecule is CNC(=O)/C(N)=C(/C=C(\N)NC(=O)C1CC1(F)F)Nc1cccc(-c2ncn(C)n2)c1OC. The van der Waals surface area contributed by atoms with Gasteiger partial charge < -0.3 is 32.2 Å². The van der Waals surface area contributed by atoms with Crippen LogP contribution in [0.1, 0.15) is 6.42 Å². The predicted octanol–water partition coefficient (Wildman–Crippen LogP) is 0.390. The van der Waals surface area contributed by atoms with Gasteiger partial charge in [-0.1, -0.05) is 6.07 Å². The summed E-state index contributed by atoms with van der Waals surface area (Å²) in [6.07, 6.45) is 2.15. The van der Waals surface area contributed by atoms with E-state index in [1.807, 2.05) is 0 Å². The van der Waals surface area contributed by atoms with Crippen LogP contribution in [0.15, 0.2) is 47.8 Å². The van der Waals surface area contributed by atoms with Gasteiger partial charge in [0.1, 0.15) is 23.8 Å². The van der Waals surface area contributed by atoms with Gasteiger partial charge in [0.15, 0.2) is 11.6 Å². The molecule has 11 nitrogen and oxygen atoms in total. The Labute approximate surface area is 187 Å². The molecule has 13 heteroatoms. The number of nitrogens with zero attached hydrogens (tertiary/aromatic N) is 3. The minimum atomic E-state index is -3.05. The van der Waals surface area contributed by atoms with Crippen LogP contribution in [-0.2, 0) is 16.6 Å². The van der Waals surface area contributed by atoms with Crippen LogP contribution in [0.25, 0.3) is 11.4 Å². The zero-order valence-corrected chi connectivity index (χ0v) is 18.1. The number of ether oxygens (including phenoxy) is 1. The third-order valence-corrected chi connectivity index (χ3v) is 4.80. The van der Waals surface area contributed by atoms with Gasteiger partial charge in [0.2, 0.25) is 5.91 Å². The Kier molecular flexibility index (Phi) is 6.51. The van der Waals surface area contributed by atoms with Crippen molar-refractivity contribution in [1.29, 1.82) is 0 Å². The number of amides is 2. The largest absolute Gasteiger partial charge is 0.494 e. The lowest BCUT2D eigenvalue weighted by Gasteiger charge is -2.16. The lowest BCUT2D eigenvalue weighted by Crippen LogP contribution is -2.32. The number of likely N-dealkylation sites (N-methyl/N-ethyl adjacent to an activating group) is 1. The van der Waals surface area contributed by atoms with Crippen molar-refractivity contribution in [2.45, 2.75) is 12.3 Å². The number of rotatable bonds is 8. The van der Waals surface area contributed by atoms with Crippen LogP contribution in [0.5, 0.6) is 5.75 Å². The zero-order valence-electron chi connectivity index (χ0n) is 18.1. The molecular formula is C20H24F2N8O3. The first-order chi connectivity index (χ1) is 15.6. The van der Waals surface area contributed by atoms with E-state index >= 15 is 0 Å². The number of benzene rings is 1. The molecule has 1 unspecified atom stereocenters. The lowest BCUT2D eigenvalue weighted by atomic mass is 10.1. The number of halogens is 2. The number of hydrogen-bond donors (Lipinski definition) is 5. The fraction of sp³-hybridized carbons (Fsp3) is 0.300. The highest BCUT2D eigenvalue weighted by Crippen LogP contribution is 2.48. The van der Waals surface area contributed by atoms with E-state index in [0.717, 1.165) is 6.08 Å². The molecule has 176 valence electrons. The topological polar surface area (TPSA) is 162 Å². The molecule has 1 aromatic carbocycles. The van der Waals surface area contributed by atoms with Crippen molar-refractivity contribution in [2.75, 3.05) is 19.5 Å². The molecule has 0 aliphatic heterocycles. The van der Waals surface area contributed by atoms with Crippen LogP contribution >= 0.6 is 0 Å². The van der Waals surface area contributed by atoms with E-state index in [0.29, 0.717) is 22.8 Å². The molecule has 33 heavy (non-hydrogen) atoms. The summed E-state index contributed by atoms with van der Waals surface area (Å²) >= 11 is 0. The molecule has 1 aliphatic carbocycles. The molecule has 0 spiro atoms. The van der Waals surface area contributed by atoms with Crippen molar-refractivity contribution < 1.29 is 23.1 Å². The Morgan fingerprint density at radius 3 is 2.58 bits per heavy atom. The van der Waals surface area contributed by atoms with Crippen molar-refractivity contribution in [3.05, 3.63) is 47.8 Å². The second-order valence-corrected chi connectivity index (χ2v) is 7.27. The highest BCUT2D eigenvalue weighted by molar-refractivity contribution is 5.94. The number of carbonyl (C=O) groups is 2. The Morgan fingerprint density at radius 2 is 2.03 bits per heavy atom. The highest BCUT2D eigenvalue weighted by Gasteiger charge is 2.61. The van der Waals surface area contributed by atoms with Gasteiger partial charge in [-0.25, -0.2) is 13.8 Å². The number of alkyl halides is 2. The molecular weight excluding hydrogens is 438 g/mol. The molecule has 1 atom stereocenters. The van der Waals surface area contributed by atoms with E-state index in [9.17, 15) is 18.4 Å². The Morgan fingerprint density at radius 1 is 1.33 bits per heavy atom. The van der Waals surface area contributed by atoms with E-state index in [4.69, 9.17) is 16.2 Å². The number of allylic oxidation sites excluding steroid dienone is 1. The average molecular weight is 462 g/mol. The third-order valence-electron chi connectivity index (χ3n) is 4.80. The van der Waals surface area contributed by atoms with Crippen molar-refractivity contribution in [1.82, 2.24) is 25.4 Å². The summed E-state index contributed by atoms with van der Waals surface area (Å²) in [5, 5.41) is 11.8. The van der Waals surface area contributed by atoms with Gasteiger partial charge in [0, 0.05) is 26.6 Å². The second-order valence-electron chi connectivity index (χ2n) is 7.27. The molecule has 3 rings (SSSR count). The number of aromatic nitrogens is 3. The van der Waals surface area contributed by atoms with Crippen LogP contribution in [0, 0.1) is 5.92 Å². The Balaban J connectivity index is 1.95. The maximum absolute atomic E-state index is 13.1. The van der Waals surface area contributed by atoms with E-state index < -0.39 is 30.1 Å². The van der Waals surface area contributed by atoms with Crippen LogP contribution < -0.4 is 32.2 Å². The van der Waals surface area contributed by atoms with Gasteiger partial charge in [-0.05, 0) is 12.1 Å². The smallest absolute Gasteiger partial charge is 0.269 e. The molecule has 1 aromatic heterocycles. The van der Waals surface area contributed by atoms with E-state index in [1.165, 1.54) is 25.2 Å². The number of aryl methyl sites for hydroxylation is 1. The van der Waals surface area contributed by atoms with Gasteiger partial charge >= 0.3 is 0 Å². The third kappa shape index (κ3) is 5.19. The van der Waals surface area contributed by atoms with Crippen molar-refractivity contribution >= 4 is 17.5 Å². The minimum Gasteiger partial charge on any atom is -0.494 e. The van der Waals surface area contributed by atoms with Crippen molar-refractivity contribution in [3.63, 3.8) is 0 Å². The second kappa shape index (κ2) is 9.14. The monoisotopic (exact) mass is 462 g/mol. The number of methoxy groups -OCH3 is 1.